The number of sulfonamides is 1. The zero-order valence-electron chi connectivity index (χ0n) is 29.2. The number of fused-ring (bicyclic) bond motifs is 1. The molecule has 2 aromatic carbocycles. The third kappa shape index (κ3) is 8.77. The van der Waals surface area contributed by atoms with E-state index in [-0.39, 0.29) is 27.4 Å². The second-order valence-electron chi connectivity index (χ2n) is 14.1. The fourth-order valence-electron chi connectivity index (χ4n) is 5.29. The van der Waals surface area contributed by atoms with Crippen molar-refractivity contribution in [3.05, 3.63) is 59.5 Å². The Morgan fingerprint density at radius 1 is 1.00 bits per heavy atom. The number of amides is 1. The number of hydrogen-bond acceptors (Lipinski definition) is 7. The van der Waals surface area contributed by atoms with Gasteiger partial charge in [0.05, 0.1) is 29.4 Å². The predicted octanol–water partition coefficient (Wildman–Crippen LogP) is 8.15. The SMILES string of the molecule is CCCCCCCC(=O)Nc1ccccc1Sc1c(C(C)(C)C)[nH]n2c(C(C)NS(=O)(=O)c3cc(C(C)(C)C)ccc3OC)nnc12. The lowest BCUT2D eigenvalue weighted by molar-refractivity contribution is -0.116. The van der Waals surface area contributed by atoms with Crippen molar-refractivity contribution in [1.29, 1.82) is 0 Å². The quantitative estimate of drug-likeness (QED) is 0.114. The lowest BCUT2D eigenvalue weighted by atomic mass is 9.87. The van der Waals surface area contributed by atoms with Crippen molar-refractivity contribution >= 4 is 39.0 Å². The minimum absolute atomic E-state index is 0.000323. The molecule has 256 valence electrons. The number of nitrogens with zero attached hydrogens (tertiary/aromatic N) is 3. The third-order valence-electron chi connectivity index (χ3n) is 8.01. The molecule has 0 saturated heterocycles. The van der Waals surface area contributed by atoms with Crippen molar-refractivity contribution in [3.63, 3.8) is 0 Å². The minimum atomic E-state index is -4.00. The van der Waals surface area contributed by atoms with Crippen molar-refractivity contribution in [2.75, 3.05) is 12.4 Å². The van der Waals surface area contributed by atoms with Crippen LogP contribution in [0.2, 0.25) is 0 Å². The molecule has 0 bridgehead atoms. The Balaban J connectivity index is 1.64. The van der Waals surface area contributed by atoms with Gasteiger partial charge in [0.25, 0.3) is 0 Å². The van der Waals surface area contributed by atoms with Crippen LogP contribution in [0.5, 0.6) is 5.75 Å². The number of ether oxygens (including phenoxy) is 1. The number of carbonyl (C=O) groups is 1. The molecule has 0 radical (unpaired) electrons. The van der Waals surface area contributed by atoms with Gasteiger partial charge in [0.15, 0.2) is 11.5 Å². The van der Waals surface area contributed by atoms with Crippen LogP contribution in [0.1, 0.15) is 117 Å². The maximum Gasteiger partial charge on any atom is 0.244 e. The number of anilines is 1. The van der Waals surface area contributed by atoms with Gasteiger partial charge in [0, 0.05) is 16.7 Å². The van der Waals surface area contributed by atoms with E-state index < -0.39 is 16.1 Å². The Labute approximate surface area is 283 Å². The lowest BCUT2D eigenvalue weighted by Gasteiger charge is -2.21. The van der Waals surface area contributed by atoms with Gasteiger partial charge < -0.3 is 10.1 Å². The summed E-state index contributed by atoms with van der Waals surface area (Å²) in [6.45, 7) is 16.3. The van der Waals surface area contributed by atoms with Gasteiger partial charge in [-0.15, -0.1) is 10.2 Å². The van der Waals surface area contributed by atoms with Gasteiger partial charge in [0.2, 0.25) is 15.9 Å². The van der Waals surface area contributed by atoms with E-state index in [1.807, 2.05) is 51.1 Å². The molecule has 4 aromatic rings. The fraction of sp³-hybridized carbons (Fsp3) is 0.514. The topological polar surface area (TPSA) is 130 Å². The van der Waals surface area contributed by atoms with E-state index in [1.165, 1.54) is 31.7 Å². The molecule has 10 nitrogen and oxygen atoms in total. The van der Waals surface area contributed by atoms with Crippen LogP contribution in [0.4, 0.5) is 5.69 Å². The number of carbonyl (C=O) groups excluding carboxylic acids is 1. The smallest absolute Gasteiger partial charge is 0.244 e. The largest absolute Gasteiger partial charge is 0.495 e. The number of benzene rings is 2. The van der Waals surface area contributed by atoms with Gasteiger partial charge in [0.1, 0.15) is 10.6 Å². The Morgan fingerprint density at radius 3 is 2.36 bits per heavy atom. The summed E-state index contributed by atoms with van der Waals surface area (Å²) in [5, 5.41) is 15.5. The summed E-state index contributed by atoms with van der Waals surface area (Å²) in [5.41, 5.74) is 2.55. The van der Waals surface area contributed by atoms with Crippen LogP contribution in [0.3, 0.4) is 0 Å². The molecule has 0 spiro atoms. The monoisotopic (exact) mass is 682 g/mol. The molecule has 1 amide bonds. The second-order valence-corrected chi connectivity index (χ2v) is 16.8. The molecule has 0 aliphatic heterocycles. The molecule has 12 heteroatoms. The first-order chi connectivity index (χ1) is 22.1. The molecule has 3 N–H and O–H groups in total. The number of aromatic amines is 1. The van der Waals surface area contributed by atoms with Crippen LogP contribution < -0.4 is 14.8 Å². The van der Waals surface area contributed by atoms with Gasteiger partial charge in [-0.1, -0.05) is 104 Å². The standard InChI is InChI=1S/C35H50N6O4S2/c1-10-11-12-13-14-19-29(42)36-25-17-15-16-18-27(25)46-30-31(35(6,7)8)39-41-32(37-38-33(30)41)23(2)40-47(43,44)28-22-24(34(3,4)5)20-21-26(28)45-9/h15-18,20-23,39-40H,10-14,19H2,1-9H3,(H,36,42). The van der Waals surface area contributed by atoms with E-state index in [2.05, 4.69) is 53.0 Å². The maximum absolute atomic E-state index is 13.7. The third-order valence-corrected chi connectivity index (χ3v) is 10.7. The molecule has 0 aliphatic rings. The molecular formula is C35H50N6O4S2. The summed E-state index contributed by atoms with van der Waals surface area (Å²) >= 11 is 1.50. The molecule has 0 fully saturated rings. The average molecular weight is 683 g/mol. The van der Waals surface area contributed by atoms with Crippen LogP contribution >= 0.6 is 11.8 Å². The summed E-state index contributed by atoms with van der Waals surface area (Å²) in [4.78, 5) is 14.6. The number of H-pyrrole nitrogens is 1. The normalized spacial score (nSPS) is 13.2. The molecule has 1 atom stereocenters. The summed E-state index contributed by atoms with van der Waals surface area (Å²) in [6.07, 6.45) is 5.91. The van der Waals surface area contributed by atoms with Gasteiger partial charge in [-0.25, -0.2) is 17.7 Å². The van der Waals surface area contributed by atoms with Gasteiger partial charge >= 0.3 is 0 Å². The summed E-state index contributed by atoms with van der Waals surface area (Å²) < 4.78 is 37.5. The summed E-state index contributed by atoms with van der Waals surface area (Å²) in [6, 6.07) is 12.2. The number of hydrogen-bond donors (Lipinski definition) is 3. The van der Waals surface area contributed by atoms with Crippen LogP contribution in [-0.4, -0.2) is 41.2 Å². The summed E-state index contributed by atoms with van der Waals surface area (Å²) in [5.74, 6) is 0.678. The highest BCUT2D eigenvalue weighted by atomic mass is 32.2. The van der Waals surface area contributed by atoms with E-state index >= 15 is 0 Å². The van der Waals surface area contributed by atoms with Crippen LogP contribution in [0.15, 0.2) is 57.2 Å². The zero-order chi connectivity index (χ0) is 34.6. The molecule has 47 heavy (non-hydrogen) atoms. The highest BCUT2D eigenvalue weighted by Gasteiger charge is 2.31. The van der Waals surface area contributed by atoms with Gasteiger partial charge in [-0.3, -0.25) is 9.89 Å². The summed E-state index contributed by atoms with van der Waals surface area (Å²) in [7, 11) is -2.54. The second kappa shape index (κ2) is 14.8. The predicted molar refractivity (Wildman–Crippen MR) is 189 cm³/mol. The number of rotatable bonds is 14. The Hall–Kier alpha value is -3.35. The van der Waals surface area contributed by atoms with Crippen LogP contribution in [0, 0.1) is 0 Å². The lowest BCUT2D eigenvalue weighted by Crippen LogP contribution is -2.29. The maximum atomic E-state index is 13.7. The van der Waals surface area contributed by atoms with Crippen molar-refractivity contribution in [2.24, 2.45) is 0 Å². The Kier molecular flexibility index (Phi) is 11.5. The number of nitrogens with one attached hydrogen (secondary N) is 3. The van der Waals surface area contributed by atoms with E-state index in [4.69, 9.17) is 4.74 Å². The van der Waals surface area contributed by atoms with Gasteiger partial charge in [-0.2, -0.15) is 0 Å². The molecule has 1 unspecified atom stereocenters. The van der Waals surface area contributed by atoms with Crippen LogP contribution in [0.25, 0.3) is 5.65 Å². The van der Waals surface area contributed by atoms with E-state index in [0.717, 1.165) is 46.0 Å². The molecule has 0 saturated carbocycles. The van der Waals surface area contributed by atoms with Crippen molar-refractivity contribution < 1.29 is 17.9 Å². The molecule has 2 aromatic heterocycles. The van der Waals surface area contributed by atoms with Crippen molar-refractivity contribution in [2.45, 2.75) is 125 Å². The number of unbranched alkanes of at least 4 members (excludes halogenated alkanes) is 4. The Bertz CT molecular complexity index is 1800. The number of para-hydroxylation sites is 1. The minimum Gasteiger partial charge on any atom is -0.495 e. The average Bonchev–Trinajstić information content (AvgIpc) is 3.57. The van der Waals surface area contributed by atoms with E-state index in [9.17, 15) is 13.2 Å². The van der Waals surface area contributed by atoms with E-state index in [1.54, 1.807) is 23.6 Å². The van der Waals surface area contributed by atoms with E-state index in [0.29, 0.717) is 17.9 Å². The highest BCUT2D eigenvalue weighted by molar-refractivity contribution is 7.99. The Morgan fingerprint density at radius 2 is 1.70 bits per heavy atom. The number of aromatic nitrogens is 4. The van der Waals surface area contributed by atoms with Gasteiger partial charge in [-0.05, 0) is 48.6 Å². The number of methoxy groups -OCH3 is 1. The molecule has 2 heterocycles. The van der Waals surface area contributed by atoms with Crippen LogP contribution in [-0.2, 0) is 25.6 Å². The zero-order valence-corrected chi connectivity index (χ0v) is 30.8. The molecule has 4 rings (SSSR count). The first-order valence-electron chi connectivity index (χ1n) is 16.3. The van der Waals surface area contributed by atoms with Crippen molar-refractivity contribution in [1.82, 2.24) is 24.5 Å². The molecule has 0 aliphatic carbocycles. The van der Waals surface area contributed by atoms with Crippen molar-refractivity contribution in [3.8, 4) is 5.75 Å². The first-order valence-corrected chi connectivity index (χ1v) is 18.6. The fourth-order valence-corrected chi connectivity index (χ4v) is 7.96. The highest BCUT2D eigenvalue weighted by Crippen LogP contribution is 2.42. The first kappa shape index (κ1) is 36.5. The molecular weight excluding hydrogens is 633 g/mol.